The second-order valence-electron chi connectivity index (χ2n) is 7.34. The van der Waals surface area contributed by atoms with Gasteiger partial charge in [0.25, 0.3) is 0 Å². The van der Waals surface area contributed by atoms with Crippen molar-refractivity contribution in [3.05, 3.63) is 12.2 Å². The van der Waals surface area contributed by atoms with E-state index >= 15 is 0 Å². The number of hydrogen-bond acceptors (Lipinski definition) is 2. The number of rotatable bonds is 7. The molecular formula is C19H36N2. The summed E-state index contributed by atoms with van der Waals surface area (Å²) in [7, 11) is 0. The van der Waals surface area contributed by atoms with Crippen molar-refractivity contribution in [1.29, 1.82) is 0 Å². The standard InChI is InChI=1S/C19H36N2/c1-4-10-20-11-8-19(9-12-20)16-21-13-6-18(7-14-21)15-17(3)5-2/h18-19H,3-16H2,1-2H3. The molecule has 0 atom stereocenters. The minimum atomic E-state index is 0.917. The van der Waals surface area contributed by atoms with Gasteiger partial charge in [-0.1, -0.05) is 26.0 Å². The van der Waals surface area contributed by atoms with Crippen LogP contribution in [-0.2, 0) is 0 Å². The Morgan fingerprint density at radius 2 is 1.48 bits per heavy atom. The molecular weight excluding hydrogens is 256 g/mol. The lowest BCUT2D eigenvalue weighted by Crippen LogP contribution is -2.41. The van der Waals surface area contributed by atoms with Gasteiger partial charge in [0.15, 0.2) is 0 Å². The fourth-order valence-corrected chi connectivity index (χ4v) is 4.00. The first-order valence-electron chi connectivity index (χ1n) is 9.32. The van der Waals surface area contributed by atoms with Gasteiger partial charge in [0.1, 0.15) is 0 Å². The third-order valence-corrected chi connectivity index (χ3v) is 5.55. The molecule has 2 rings (SSSR count). The second-order valence-corrected chi connectivity index (χ2v) is 7.34. The number of nitrogens with zero attached hydrogens (tertiary/aromatic N) is 2. The Morgan fingerprint density at radius 1 is 0.905 bits per heavy atom. The van der Waals surface area contributed by atoms with E-state index in [0.717, 1.165) is 18.3 Å². The molecule has 0 aromatic carbocycles. The van der Waals surface area contributed by atoms with E-state index in [1.807, 2.05) is 0 Å². The van der Waals surface area contributed by atoms with Crippen LogP contribution in [0.3, 0.4) is 0 Å². The van der Waals surface area contributed by atoms with Crippen LogP contribution in [0.15, 0.2) is 12.2 Å². The van der Waals surface area contributed by atoms with Crippen molar-refractivity contribution in [1.82, 2.24) is 9.80 Å². The zero-order valence-electron chi connectivity index (χ0n) is 14.4. The Morgan fingerprint density at radius 3 is 2.05 bits per heavy atom. The van der Waals surface area contributed by atoms with Gasteiger partial charge in [0.05, 0.1) is 0 Å². The molecule has 2 heterocycles. The molecule has 0 bridgehead atoms. The summed E-state index contributed by atoms with van der Waals surface area (Å²) in [5.74, 6) is 1.88. The summed E-state index contributed by atoms with van der Waals surface area (Å²) in [5.41, 5.74) is 1.46. The highest BCUT2D eigenvalue weighted by Gasteiger charge is 2.24. The van der Waals surface area contributed by atoms with E-state index in [9.17, 15) is 0 Å². The number of piperidine rings is 2. The molecule has 122 valence electrons. The summed E-state index contributed by atoms with van der Waals surface area (Å²) >= 11 is 0. The molecule has 0 radical (unpaired) electrons. The second kappa shape index (κ2) is 8.95. The minimum Gasteiger partial charge on any atom is -0.303 e. The molecule has 0 unspecified atom stereocenters. The van der Waals surface area contributed by atoms with Crippen molar-refractivity contribution in [3.8, 4) is 0 Å². The lowest BCUT2D eigenvalue weighted by molar-refractivity contribution is 0.117. The van der Waals surface area contributed by atoms with Crippen LogP contribution >= 0.6 is 0 Å². The van der Waals surface area contributed by atoms with E-state index in [0.29, 0.717) is 0 Å². The molecule has 21 heavy (non-hydrogen) atoms. The Bertz CT molecular complexity index is 297. The molecule has 0 saturated carbocycles. The molecule has 2 saturated heterocycles. The molecule has 0 aliphatic carbocycles. The minimum absolute atomic E-state index is 0.917. The van der Waals surface area contributed by atoms with Crippen molar-refractivity contribution >= 4 is 0 Å². The van der Waals surface area contributed by atoms with Crippen LogP contribution in [0.1, 0.15) is 58.8 Å². The first kappa shape index (κ1) is 17.0. The summed E-state index contributed by atoms with van der Waals surface area (Å²) in [6.45, 7) is 16.7. The molecule has 2 fully saturated rings. The quantitative estimate of drug-likeness (QED) is 0.650. The fourth-order valence-electron chi connectivity index (χ4n) is 4.00. The van der Waals surface area contributed by atoms with Crippen molar-refractivity contribution in [2.45, 2.75) is 58.8 Å². The van der Waals surface area contributed by atoms with Gasteiger partial charge in [-0.05, 0) is 89.5 Å². The Labute approximate surface area is 132 Å². The zero-order valence-corrected chi connectivity index (χ0v) is 14.4. The average Bonchev–Trinajstić information content (AvgIpc) is 2.51. The predicted molar refractivity (Wildman–Crippen MR) is 92.7 cm³/mol. The maximum atomic E-state index is 4.18. The van der Waals surface area contributed by atoms with Crippen LogP contribution < -0.4 is 0 Å². The van der Waals surface area contributed by atoms with Crippen LogP contribution in [0, 0.1) is 11.8 Å². The third-order valence-electron chi connectivity index (χ3n) is 5.55. The Hall–Kier alpha value is -0.340. The van der Waals surface area contributed by atoms with Gasteiger partial charge in [-0.25, -0.2) is 0 Å². The molecule has 0 N–H and O–H groups in total. The van der Waals surface area contributed by atoms with Crippen LogP contribution in [-0.4, -0.2) is 49.1 Å². The maximum absolute atomic E-state index is 4.18. The highest BCUT2D eigenvalue weighted by atomic mass is 15.1. The lowest BCUT2D eigenvalue weighted by atomic mass is 9.88. The van der Waals surface area contributed by atoms with E-state index < -0.39 is 0 Å². The summed E-state index contributed by atoms with van der Waals surface area (Å²) in [5, 5.41) is 0. The molecule has 2 aliphatic heterocycles. The monoisotopic (exact) mass is 292 g/mol. The summed E-state index contributed by atoms with van der Waals surface area (Å²) in [6.07, 6.45) is 9.39. The lowest BCUT2D eigenvalue weighted by Gasteiger charge is -2.37. The largest absolute Gasteiger partial charge is 0.303 e. The van der Waals surface area contributed by atoms with E-state index in [1.54, 1.807) is 0 Å². The Balaban J connectivity index is 1.62. The molecule has 0 amide bonds. The van der Waals surface area contributed by atoms with Crippen molar-refractivity contribution in [3.63, 3.8) is 0 Å². The van der Waals surface area contributed by atoms with Gasteiger partial charge >= 0.3 is 0 Å². The maximum Gasteiger partial charge on any atom is 0.00106 e. The first-order valence-corrected chi connectivity index (χ1v) is 9.32. The topological polar surface area (TPSA) is 6.48 Å². The first-order chi connectivity index (χ1) is 10.2. The van der Waals surface area contributed by atoms with Crippen LogP contribution in [0.5, 0.6) is 0 Å². The highest BCUT2D eigenvalue weighted by Crippen LogP contribution is 2.26. The van der Waals surface area contributed by atoms with E-state index in [-0.39, 0.29) is 0 Å². The van der Waals surface area contributed by atoms with Gasteiger partial charge < -0.3 is 9.80 Å². The van der Waals surface area contributed by atoms with Crippen LogP contribution in [0.2, 0.25) is 0 Å². The molecule has 2 heteroatoms. The van der Waals surface area contributed by atoms with Gasteiger partial charge in [0.2, 0.25) is 0 Å². The van der Waals surface area contributed by atoms with Gasteiger partial charge in [0, 0.05) is 6.54 Å². The van der Waals surface area contributed by atoms with Gasteiger partial charge in [-0.3, -0.25) is 0 Å². The van der Waals surface area contributed by atoms with Crippen molar-refractivity contribution in [2.75, 3.05) is 39.3 Å². The summed E-state index contributed by atoms with van der Waals surface area (Å²) in [6, 6.07) is 0. The van der Waals surface area contributed by atoms with Crippen LogP contribution in [0.4, 0.5) is 0 Å². The van der Waals surface area contributed by atoms with Crippen molar-refractivity contribution in [2.24, 2.45) is 11.8 Å². The summed E-state index contributed by atoms with van der Waals surface area (Å²) < 4.78 is 0. The number of hydrogen-bond donors (Lipinski definition) is 0. The van der Waals surface area contributed by atoms with Gasteiger partial charge in [-0.2, -0.15) is 0 Å². The molecule has 2 nitrogen and oxygen atoms in total. The van der Waals surface area contributed by atoms with Crippen molar-refractivity contribution < 1.29 is 0 Å². The molecule has 0 aromatic rings. The highest BCUT2D eigenvalue weighted by molar-refractivity contribution is 4.95. The average molecular weight is 293 g/mol. The zero-order chi connectivity index (χ0) is 15.1. The molecule has 2 aliphatic rings. The number of allylic oxidation sites excluding steroid dienone is 1. The molecule has 0 spiro atoms. The fraction of sp³-hybridized carbons (Fsp3) is 0.895. The van der Waals surface area contributed by atoms with Crippen LogP contribution in [0.25, 0.3) is 0 Å². The van der Waals surface area contributed by atoms with E-state index in [4.69, 9.17) is 0 Å². The predicted octanol–water partition coefficient (Wildman–Crippen LogP) is 4.18. The third kappa shape index (κ3) is 5.75. The van der Waals surface area contributed by atoms with E-state index in [1.165, 1.54) is 83.4 Å². The number of likely N-dealkylation sites (tertiary alicyclic amines) is 2. The molecule has 0 aromatic heterocycles. The van der Waals surface area contributed by atoms with Gasteiger partial charge in [-0.15, -0.1) is 0 Å². The summed E-state index contributed by atoms with van der Waals surface area (Å²) in [4.78, 5) is 5.39. The normalized spacial score (nSPS) is 23.5. The smallest absolute Gasteiger partial charge is 0.00106 e. The van der Waals surface area contributed by atoms with E-state index in [2.05, 4.69) is 30.2 Å². The Kier molecular flexibility index (Phi) is 7.25. The SMILES string of the molecule is C=C(CC)CC1CCN(CC2CCN(CCC)CC2)CC1.